The second kappa shape index (κ2) is 6.01. The van der Waals surface area contributed by atoms with Crippen molar-refractivity contribution in [2.75, 3.05) is 0 Å². The quantitative estimate of drug-likeness (QED) is 0.881. The molecule has 2 aromatic rings. The van der Waals surface area contributed by atoms with E-state index in [9.17, 15) is 8.42 Å². The first kappa shape index (κ1) is 15.4. The van der Waals surface area contributed by atoms with Crippen LogP contribution in [-0.2, 0) is 10.1 Å². The molecule has 102 valence electrons. The molecule has 0 saturated heterocycles. The van der Waals surface area contributed by atoms with Gasteiger partial charge in [-0.15, -0.1) is 0 Å². The van der Waals surface area contributed by atoms with Crippen molar-refractivity contribution >= 4 is 21.7 Å². The molecular formula is C12H10ClFO4S. The number of hydrogen-bond donors (Lipinski definition) is 1. The van der Waals surface area contributed by atoms with Crippen LogP contribution in [0, 0.1) is 0 Å². The normalized spacial score (nSPS) is 10.6. The van der Waals surface area contributed by atoms with Crippen molar-refractivity contribution in [2.24, 2.45) is 0 Å². The summed E-state index contributed by atoms with van der Waals surface area (Å²) in [5.74, 6) is 1.05. The molecule has 1 N–H and O–H groups in total. The topological polar surface area (TPSA) is 63.6 Å². The summed E-state index contributed by atoms with van der Waals surface area (Å²) >= 11 is 5.74. The van der Waals surface area contributed by atoms with Crippen molar-refractivity contribution in [3.05, 3.63) is 53.6 Å². The fourth-order valence-corrected chi connectivity index (χ4v) is 1.92. The van der Waals surface area contributed by atoms with Crippen LogP contribution < -0.4 is 4.74 Å². The first-order chi connectivity index (χ1) is 8.45. The Bertz CT molecular complexity index is 638. The van der Waals surface area contributed by atoms with Gasteiger partial charge >= 0.3 is 0 Å². The molecule has 2 aromatic carbocycles. The van der Waals surface area contributed by atoms with Crippen LogP contribution in [0.2, 0.25) is 5.02 Å². The summed E-state index contributed by atoms with van der Waals surface area (Å²) in [4.78, 5) is -0.175. The predicted octanol–water partition coefficient (Wildman–Crippen LogP) is 3.53. The van der Waals surface area contributed by atoms with Crippen molar-refractivity contribution in [2.45, 2.75) is 4.90 Å². The Morgan fingerprint density at radius 3 is 1.74 bits per heavy atom. The number of rotatable bonds is 3. The van der Waals surface area contributed by atoms with Crippen molar-refractivity contribution in [3.8, 4) is 11.5 Å². The van der Waals surface area contributed by atoms with E-state index in [0.29, 0.717) is 16.5 Å². The van der Waals surface area contributed by atoms with Gasteiger partial charge in [-0.2, -0.15) is 8.42 Å². The molecule has 0 aliphatic rings. The number of ether oxygens (including phenoxy) is 1. The van der Waals surface area contributed by atoms with Crippen LogP contribution in [0.4, 0.5) is 4.70 Å². The van der Waals surface area contributed by atoms with Gasteiger partial charge in [-0.3, -0.25) is 9.26 Å². The third-order valence-electron chi connectivity index (χ3n) is 2.17. The van der Waals surface area contributed by atoms with Gasteiger partial charge in [-0.05, 0) is 48.5 Å². The van der Waals surface area contributed by atoms with Gasteiger partial charge in [-0.1, -0.05) is 11.6 Å². The molecule has 0 aliphatic heterocycles. The monoisotopic (exact) mass is 304 g/mol. The molecule has 0 unspecified atom stereocenters. The van der Waals surface area contributed by atoms with Crippen LogP contribution in [0.5, 0.6) is 11.5 Å². The Balaban J connectivity index is 0.00000180. The molecule has 0 amide bonds. The lowest BCUT2D eigenvalue weighted by Gasteiger charge is -2.05. The highest BCUT2D eigenvalue weighted by atomic mass is 35.5. The molecule has 0 aromatic heterocycles. The van der Waals surface area contributed by atoms with Gasteiger partial charge in [0.15, 0.2) is 0 Å². The minimum absolute atomic E-state index is 0. The fourth-order valence-electron chi connectivity index (χ4n) is 1.32. The Morgan fingerprint density at radius 1 is 0.895 bits per heavy atom. The molecule has 0 fully saturated rings. The molecule has 0 saturated carbocycles. The van der Waals surface area contributed by atoms with E-state index in [1.54, 1.807) is 24.3 Å². The standard InChI is InChI=1S/C12H9ClO4S.FH/c13-9-1-3-10(4-2-9)17-11-5-7-12(8-6-11)18(14,15)16;/h1-8H,(H,14,15,16);1H. The van der Waals surface area contributed by atoms with Gasteiger partial charge < -0.3 is 4.74 Å². The van der Waals surface area contributed by atoms with Gasteiger partial charge in [0.1, 0.15) is 11.5 Å². The Morgan fingerprint density at radius 2 is 1.32 bits per heavy atom. The number of hydrogen-bond acceptors (Lipinski definition) is 3. The number of benzene rings is 2. The smallest absolute Gasteiger partial charge is 0.294 e. The van der Waals surface area contributed by atoms with Crippen LogP contribution in [0.1, 0.15) is 0 Å². The van der Waals surface area contributed by atoms with Crippen LogP contribution in [0.3, 0.4) is 0 Å². The maximum atomic E-state index is 10.8. The molecule has 0 atom stereocenters. The SMILES string of the molecule is F.O=S(=O)(O)c1ccc(Oc2ccc(Cl)cc2)cc1. The maximum absolute atomic E-state index is 10.8. The van der Waals surface area contributed by atoms with E-state index in [1.165, 1.54) is 24.3 Å². The first-order valence-corrected chi connectivity index (χ1v) is 6.78. The van der Waals surface area contributed by atoms with Crippen LogP contribution in [0.25, 0.3) is 0 Å². The van der Waals surface area contributed by atoms with E-state index in [1.807, 2.05) is 0 Å². The van der Waals surface area contributed by atoms with Gasteiger partial charge in [0, 0.05) is 5.02 Å². The van der Waals surface area contributed by atoms with Crippen LogP contribution >= 0.6 is 11.6 Å². The van der Waals surface area contributed by atoms with Crippen molar-refractivity contribution in [1.82, 2.24) is 0 Å². The average molecular weight is 305 g/mol. The largest absolute Gasteiger partial charge is 0.457 e. The van der Waals surface area contributed by atoms with E-state index < -0.39 is 10.1 Å². The molecule has 4 nitrogen and oxygen atoms in total. The molecule has 7 heteroatoms. The van der Waals surface area contributed by atoms with Gasteiger partial charge in [0.25, 0.3) is 10.1 Å². The van der Waals surface area contributed by atoms with E-state index in [4.69, 9.17) is 20.9 Å². The van der Waals surface area contributed by atoms with E-state index in [0.717, 1.165) is 0 Å². The highest BCUT2D eigenvalue weighted by molar-refractivity contribution is 7.85. The average Bonchev–Trinajstić information content (AvgIpc) is 2.32. The minimum atomic E-state index is -4.17. The van der Waals surface area contributed by atoms with Gasteiger partial charge in [0.2, 0.25) is 0 Å². The summed E-state index contributed by atoms with van der Waals surface area (Å²) in [7, 11) is -4.17. The van der Waals surface area contributed by atoms with Gasteiger partial charge in [-0.25, -0.2) is 0 Å². The summed E-state index contributed by atoms with van der Waals surface area (Å²) in [5, 5.41) is 0.601. The third kappa shape index (κ3) is 4.20. The second-order valence-corrected chi connectivity index (χ2v) is 5.36. The molecule has 0 heterocycles. The summed E-state index contributed by atoms with van der Waals surface area (Å²) in [6.45, 7) is 0. The Kier molecular flexibility index (Phi) is 4.88. The molecule has 19 heavy (non-hydrogen) atoms. The maximum Gasteiger partial charge on any atom is 0.294 e. The second-order valence-electron chi connectivity index (χ2n) is 3.50. The van der Waals surface area contributed by atoms with Crippen molar-refractivity contribution in [1.29, 1.82) is 0 Å². The highest BCUT2D eigenvalue weighted by Gasteiger charge is 2.08. The predicted molar refractivity (Wildman–Crippen MR) is 70.3 cm³/mol. The zero-order valence-corrected chi connectivity index (χ0v) is 11.1. The van der Waals surface area contributed by atoms with E-state index >= 15 is 0 Å². The minimum Gasteiger partial charge on any atom is -0.457 e. The number of halogens is 2. The third-order valence-corrected chi connectivity index (χ3v) is 3.29. The lowest BCUT2D eigenvalue weighted by Crippen LogP contribution is -1.97. The molecular weight excluding hydrogens is 295 g/mol. The van der Waals surface area contributed by atoms with Crippen LogP contribution in [0.15, 0.2) is 53.4 Å². The summed E-state index contributed by atoms with van der Waals surface area (Å²) in [5.41, 5.74) is 0. The summed E-state index contributed by atoms with van der Waals surface area (Å²) in [6, 6.07) is 12.2. The molecule has 0 radical (unpaired) electrons. The van der Waals surface area contributed by atoms with E-state index in [2.05, 4.69) is 0 Å². The van der Waals surface area contributed by atoms with Gasteiger partial charge in [0.05, 0.1) is 4.90 Å². The lowest BCUT2D eigenvalue weighted by atomic mass is 10.3. The van der Waals surface area contributed by atoms with E-state index in [-0.39, 0.29) is 9.60 Å². The zero-order chi connectivity index (χ0) is 13.2. The van der Waals surface area contributed by atoms with Crippen molar-refractivity contribution < 1.29 is 22.4 Å². The Labute approximate surface area is 114 Å². The summed E-state index contributed by atoms with van der Waals surface area (Å²) < 4.78 is 36.0. The van der Waals surface area contributed by atoms with Crippen LogP contribution in [-0.4, -0.2) is 13.0 Å². The van der Waals surface area contributed by atoms with Crippen molar-refractivity contribution in [3.63, 3.8) is 0 Å². The Hall–Kier alpha value is -1.63. The molecule has 2 rings (SSSR count). The first-order valence-electron chi connectivity index (χ1n) is 4.96. The molecule has 0 spiro atoms. The highest BCUT2D eigenvalue weighted by Crippen LogP contribution is 2.24. The fraction of sp³-hybridized carbons (Fsp3) is 0. The molecule has 0 aliphatic carbocycles. The lowest BCUT2D eigenvalue weighted by molar-refractivity contribution is 0.478. The molecule has 0 bridgehead atoms. The summed E-state index contributed by atoms with van der Waals surface area (Å²) in [6.07, 6.45) is 0. The zero-order valence-electron chi connectivity index (χ0n) is 9.49.